The van der Waals surface area contributed by atoms with Gasteiger partial charge in [-0.3, -0.25) is 9.59 Å². The highest BCUT2D eigenvalue weighted by molar-refractivity contribution is 5.74. The van der Waals surface area contributed by atoms with Crippen molar-refractivity contribution in [3.05, 3.63) is 0 Å². The van der Waals surface area contributed by atoms with E-state index < -0.39 is 5.97 Å². The lowest BCUT2D eigenvalue weighted by molar-refractivity contribution is -0.160. The van der Waals surface area contributed by atoms with Gasteiger partial charge in [-0.05, 0) is 57.3 Å². The van der Waals surface area contributed by atoms with Crippen molar-refractivity contribution < 1.29 is 19.4 Å². The molecule has 0 aromatic carbocycles. The molecule has 0 aliphatic heterocycles. The van der Waals surface area contributed by atoms with Gasteiger partial charge in [-0.2, -0.15) is 0 Å². The van der Waals surface area contributed by atoms with E-state index in [1.807, 2.05) is 0 Å². The third kappa shape index (κ3) is 12.3. The average Bonchev–Trinajstić information content (AvgIpc) is 2.80. The Morgan fingerprint density at radius 3 is 1.72 bits per heavy atom. The van der Waals surface area contributed by atoms with Crippen LogP contribution >= 0.6 is 0 Å². The normalized spacial score (nSPS) is 20.6. The van der Waals surface area contributed by atoms with Gasteiger partial charge in [0.15, 0.2) is 0 Å². The van der Waals surface area contributed by atoms with Crippen LogP contribution in [0.25, 0.3) is 0 Å². The van der Waals surface area contributed by atoms with Crippen molar-refractivity contribution in [3.8, 4) is 0 Å². The molecule has 0 saturated heterocycles. The fraction of sp³-hybridized carbons (Fsp3) is 0.929. The number of rotatable bonds is 19. The van der Waals surface area contributed by atoms with Crippen LogP contribution in [0.2, 0.25) is 0 Å². The topological polar surface area (TPSA) is 63.6 Å². The number of esters is 1. The van der Waals surface area contributed by atoms with Crippen molar-refractivity contribution in [2.75, 3.05) is 0 Å². The standard InChI is InChI=1S/C28H52O4/c1-4-7-9-10-11-12-13-14-15-16-18-26(23(6-3)17-8-5-2)32-28(31)25-21-19-24(20-22-25)27(29)30/h23-26H,4-22H2,1-3H3,(H,29,30). The first-order chi connectivity index (χ1) is 15.5. The maximum Gasteiger partial charge on any atom is 0.309 e. The minimum atomic E-state index is -0.721. The van der Waals surface area contributed by atoms with E-state index in [0.717, 1.165) is 25.7 Å². The number of ether oxygens (including phenoxy) is 1. The van der Waals surface area contributed by atoms with Crippen LogP contribution in [0.5, 0.6) is 0 Å². The zero-order chi connectivity index (χ0) is 23.6. The lowest BCUT2D eigenvalue weighted by Crippen LogP contribution is -2.32. The Morgan fingerprint density at radius 2 is 1.22 bits per heavy atom. The quantitative estimate of drug-likeness (QED) is 0.158. The Labute approximate surface area is 198 Å². The minimum absolute atomic E-state index is 0.0327. The van der Waals surface area contributed by atoms with Gasteiger partial charge in [0.2, 0.25) is 0 Å². The first-order valence-electron chi connectivity index (χ1n) is 14.0. The summed E-state index contributed by atoms with van der Waals surface area (Å²) in [5, 5.41) is 9.20. The van der Waals surface area contributed by atoms with Gasteiger partial charge in [0, 0.05) is 0 Å². The molecule has 32 heavy (non-hydrogen) atoms. The van der Waals surface area contributed by atoms with Crippen LogP contribution in [0, 0.1) is 17.8 Å². The Morgan fingerprint density at radius 1 is 0.719 bits per heavy atom. The average molecular weight is 453 g/mol. The van der Waals surface area contributed by atoms with Crippen LogP contribution in [-0.4, -0.2) is 23.1 Å². The fourth-order valence-corrected chi connectivity index (χ4v) is 5.16. The smallest absolute Gasteiger partial charge is 0.309 e. The molecule has 1 aliphatic carbocycles. The zero-order valence-corrected chi connectivity index (χ0v) is 21.4. The SMILES string of the molecule is CCCCCCCCCCCCC(OC(=O)C1CCC(C(=O)O)CC1)C(CC)CCCC. The highest BCUT2D eigenvalue weighted by atomic mass is 16.5. The fourth-order valence-electron chi connectivity index (χ4n) is 5.16. The zero-order valence-electron chi connectivity index (χ0n) is 21.4. The second kappa shape index (κ2) is 18.4. The number of carboxylic acid groups (broad SMARTS) is 1. The highest BCUT2D eigenvalue weighted by Gasteiger charge is 2.33. The van der Waals surface area contributed by atoms with Gasteiger partial charge >= 0.3 is 11.9 Å². The van der Waals surface area contributed by atoms with Crippen molar-refractivity contribution in [2.45, 2.75) is 149 Å². The molecule has 1 saturated carbocycles. The van der Waals surface area contributed by atoms with Gasteiger partial charge in [-0.1, -0.05) is 91.4 Å². The van der Waals surface area contributed by atoms with E-state index in [1.54, 1.807) is 0 Å². The third-order valence-corrected chi connectivity index (χ3v) is 7.50. The van der Waals surface area contributed by atoms with Crippen molar-refractivity contribution in [3.63, 3.8) is 0 Å². The Hall–Kier alpha value is -1.06. The number of hydrogen-bond donors (Lipinski definition) is 1. The summed E-state index contributed by atoms with van der Waals surface area (Å²) in [6.07, 6.45) is 21.3. The summed E-state index contributed by atoms with van der Waals surface area (Å²) in [5.41, 5.74) is 0. The first-order valence-corrected chi connectivity index (χ1v) is 14.0. The number of unbranched alkanes of at least 4 members (excludes halogenated alkanes) is 10. The molecule has 188 valence electrons. The predicted molar refractivity (Wildman–Crippen MR) is 133 cm³/mol. The summed E-state index contributed by atoms with van der Waals surface area (Å²) in [4.78, 5) is 24.1. The van der Waals surface area contributed by atoms with Crippen LogP contribution < -0.4 is 0 Å². The molecule has 2 unspecified atom stereocenters. The summed E-state index contributed by atoms with van der Waals surface area (Å²) in [5.74, 6) is -0.728. The summed E-state index contributed by atoms with van der Waals surface area (Å²) >= 11 is 0. The van der Waals surface area contributed by atoms with Crippen LogP contribution in [0.15, 0.2) is 0 Å². The lowest BCUT2D eigenvalue weighted by atomic mass is 9.82. The summed E-state index contributed by atoms with van der Waals surface area (Å²) < 4.78 is 6.13. The number of carboxylic acids is 1. The highest BCUT2D eigenvalue weighted by Crippen LogP contribution is 2.32. The van der Waals surface area contributed by atoms with Gasteiger partial charge < -0.3 is 9.84 Å². The monoisotopic (exact) mass is 452 g/mol. The van der Waals surface area contributed by atoms with Crippen LogP contribution in [-0.2, 0) is 14.3 Å². The molecule has 0 radical (unpaired) electrons. The molecule has 0 spiro atoms. The molecule has 0 bridgehead atoms. The van der Waals surface area contributed by atoms with Gasteiger partial charge in [0.05, 0.1) is 11.8 Å². The van der Waals surface area contributed by atoms with Crippen LogP contribution in [0.1, 0.15) is 143 Å². The van der Waals surface area contributed by atoms with E-state index in [9.17, 15) is 14.7 Å². The van der Waals surface area contributed by atoms with Crippen molar-refractivity contribution in [1.82, 2.24) is 0 Å². The minimum Gasteiger partial charge on any atom is -0.481 e. The van der Waals surface area contributed by atoms with E-state index in [0.29, 0.717) is 31.6 Å². The number of carbonyl (C=O) groups is 2. The molecule has 0 heterocycles. The van der Waals surface area contributed by atoms with Crippen molar-refractivity contribution in [1.29, 1.82) is 0 Å². The third-order valence-electron chi connectivity index (χ3n) is 7.50. The molecule has 0 amide bonds. The van der Waals surface area contributed by atoms with Crippen molar-refractivity contribution >= 4 is 11.9 Å². The van der Waals surface area contributed by atoms with Gasteiger partial charge in [0.1, 0.15) is 6.10 Å². The van der Waals surface area contributed by atoms with E-state index in [-0.39, 0.29) is 23.9 Å². The molecule has 0 aromatic rings. The maximum atomic E-state index is 12.9. The molecule has 2 atom stereocenters. The van der Waals surface area contributed by atoms with Crippen LogP contribution in [0.3, 0.4) is 0 Å². The molecule has 1 N–H and O–H groups in total. The molecular formula is C28H52O4. The Kier molecular flexibility index (Phi) is 16.6. The molecule has 1 fully saturated rings. The molecule has 0 aromatic heterocycles. The van der Waals surface area contributed by atoms with E-state index in [2.05, 4.69) is 20.8 Å². The molecule has 4 heteroatoms. The number of hydrogen-bond acceptors (Lipinski definition) is 3. The van der Waals surface area contributed by atoms with E-state index in [1.165, 1.54) is 70.6 Å². The van der Waals surface area contributed by atoms with E-state index >= 15 is 0 Å². The largest absolute Gasteiger partial charge is 0.481 e. The number of carbonyl (C=O) groups excluding carboxylic acids is 1. The van der Waals surface area contributed by atoms with Crippen LogP contribution in [0.4, 0.5) is 0 Å². The Balaban J connectivity index is 2.41. The number of aliphatic carboxylic acids is 1. The molecular weight excluding hydrogens is 400 g/mol. The van der Waals surface area contributed by atoms with Gasteiger partial charge in [-0.25, -0.2) is 0 Å². The summed E-state index contributed by atoms with van der Waals surface area (Å²) in [6.45, 7) is 6.70. The van der Waals surface area contributed by atoms with Gasteiger partial charge in [-0.15, -0.1) is 0 Å². The summed E-state index contributed by atoms with van der Waals surface area (Å²) in [7, 11) is 0. The van der Waals surface area contributed by atoms with Gasteiger partial charge in [0.25, 0.3) is 0 Å². The second-order valence-electron chi connectivity index (χ2n) is 10.1. The Bertz CT molecular complexity index is 482. The van der Waals surface area contributed by atoms with E-state index in [4.69, 9.17) is 4.74 Å². The maximum absolute atomic E-state index is 12.9. The second-order valence-corrected chi connectivity index (χ2v) is 10.1. The molecule has 4 nitrogen and oxygen atoms in total. The summed E-state index contributed by atoms with van der Waals surface area (Å²) in [6, 6.07) is 0. The first kappa shape index (κ1) is 29.0. The molecule has 1 rings (SSSR count). The molecule has 1 aliphatic rings. The predicted octanol–water partition coefficient (Wildman–Crippen LogP) is 8.32. The van der Waals surface area contributed by atoms with Crippen molar-refractivity contribution in [2.24, 2.45) is 17.8 Å². The lowest BCUT2D eigenvalue weighted by Gasteiger charge is -2.30.